The van der Waals surface area contributed by atoms with Gasteiger partial charge in [-0.05, 0) is 73.7 Å². The van der Waals surface area contributed by atoms with Crippen molar-refractivity contribution in [3.8, 4) is 0 Å². The molecule has 0 saturated heterocycles. The minimum atomic E-state index is -0.640. The summed E-state index contributed by atoms with van der Waals surface area (Å²) in [7, 11) is 0. The topological polar surface area (TPSA) is 48.6 Å². The number of hydrogen-bond acceptors (Lipinski definition) is 2. The summed E-state index contributed by atoms with van der Waals surface area (Å²) in [5, 5.41) is 0. The van der Waals surface area contributed by atoms with E-state index in [9.17, 15) is 13.6 Å². The van der Waals surface area contributed by atoms with Crippen LogP contribution in [0, 0.1) is 28.2 Å². The molecule has 0 aliphatic heterocycles. The van der Waals surface area contributed by atoms with E-state index >= 15 is 0 Å². The number of aromatic amines is 2. The first-order valence-electron chi connectivity index (χ1n) is 10.1. The summed E-state index contributed by atoms with van der Waals surface area (Å²) in [6.07, 6.45) is 14.1. The molecule has 2 aliphatic rings. The Bertz CT molecular complexity index is 1060. The average Bonchev–Trinajstić information content (AvgIpc) is 2.72. The number of allylic oxidation sites excluding steroid dienone is 4. The molecule has 4 rings (SSSR count). The van der Waals surface area contributed by atoms with Crippen LogP contribution < -0.4 is 5.56 Å². The molecule has 2 aromatic rings. The lowest BCUT2D eigenvalue weighted by Crippen LogP contribution is -2.25. The van der Waals surface area contributed by atoms with Gasteiger partial charge in [-0.25, -0.2) is 8.78 Å². The molecule has 1 saturated carbocycles. The maximum absolute atomic E-state index is 14.2. The molecule has 152 valence electrons. The Balaban J connectivity index is 1.57. The molecule has 0 radical (unpaired) electrons. The molecule has 1 atom stereocenters. The van der Waals surface area contributed by atoms with E-state index in [-0.39, 0.29) is 22.7 Å². The highest BCUT2D eigenvalue weighted by Gasteiger charge is 2.29. The summed E-state index contributed by atoms with van der Waals surface area (Å²) in [6, 6.07) is 3.47. The van der Waals surface area contributed by atoms with Crippen molar-refractivity contribution in [2.75, 3.05) is 0 Å². The van der Waals surface area contributed by atoms with Gasteiger partial charge in [-0.3, -0.25) is 9.78 Å². The minimum absolute atomic E-state index is 0.110. The monoisotopic (exact) mass is 414 g/mol. The van der Waals surface area contributed by atoms with Crippen molar-refractivity contribution in [3.63, 3.8) is 0 Å². The zero-order valence-corrected chi connectivity index (χ0v) is 16.9. The van der Waals surface area contributed by atoms with Gasteiger partial charge in [0, 0.05) is 23.7 Å². The molecule has 3 nitrogen and oxygen atoms in total. The van der Waals surface area contributed by atoms with Crippen LogP contribution in [0.15, 0.2) is 47.3 Å². The van der Waals surface area contributed by atoms with E-state index in [0.717, 1.165) is 43.9 Å². The summed E-state index contributed by atoms with van der Waals surface area (Å²) in [4.78, 5) is 18.4. The van der Waals surface area contributed by atoms with E-state index < -0.39 is 11.6 Å². The van der Waals surface area contributed by atoms with Crippen LogP contribution in [0.2, 0.25) is 0 Å². The smallest absolute Gasteiger partial charge is 0.255 e. The molecule has 2 N–H and O–H groups in total. The predicted molar refractivity (Wildman–Crippen MR) is 112 cm³/mol. The van der Waals surface area contributed by atoms with Gasteiger partial charge in [0.15, 0.2) is 4.77 Å². The van der Waals surface area contributed by atoms with Gasteiger partial charge >= 0.3 is 0 Å². The van der Waals surface area contributed by atoms with Crippen molar-refractivity contribution in [1.82, 2.24) is 9.97 Å². The van der Waals surface area contributed by atoms with Crippen molar-refractivity contribution >= 4 is 12.2 Å². The third kappa shape index (κ3) is 4.47. The van der Waals surface area contributed by atoms with Gasteiger partial charge in [0.25, 0.3) is 5.56 Å². The molecule has 1 fully saturated rings. The Labute approximate surface area is 173 Å². The quantitative estimate of drug-likeness (QED) is 0.630. The number of hydrogen-bond donors (Lipinski definition) is 2. The third-order valence-electron chi connectivity index (χ3n) is 6.26. The van der Waals surface area contributed by atoms with Crippen LogP contribution >= 0.6 is 12.2 Å². The number of nitrogens with one attached hydrogen (secondary N) is 2. The highest BCUT2D eigenvalue weighted by atomic mass is 32.1. The zero-order valence-electron chi connectivity index (χ0n) is 16.1. The molecule has 29 heavy (non-hydrogen) atoms. The third-order valence-corrected chi connectivity index (χ3v) is 6.46. The highest BCUT2D eigenvalue weighted by Crippen LogP contribution is 2.40. The Morgan fingerprint density at radius 3 is 2.55 bits per heavy atom. The Hall–Kier alpha value is -2.34. The Morgan fingerprint density at radius 1 is 1.07 bits per heavy atom. The fourth-order valence-electron chi connectivity index (χ4n) is 4.69. The summed E-state index contributed by atoms with van der Waals surface area (Å²) in [6.45, 7) is 0. The van der Waals surface area contributed by atoms with Crippen LogP contribution in [0.1, 0.15) is 54.8 Å². The number of aromatic nitrogens is 2. The van der Waals surface area contributed by atoms with Gasteiger partial charge in [-0.1, -0.05) is 30.4 Å². The minimum Gasteiger partial charge on any atom is -0.335 e. The molecule has 1 aromatic carbocycles. The van der Waals surface area contributed by atoms with E-state index in [2.05, 4.69) is 34.3 Å². The van der Waals surface area contributed by atoms with E-state index in [1.54, 1.807) is 0 Å². The van der Waals surface area contributed by atoms with Crippen molar-refractivity contribution in [2.24, 2.45) is 11.8 Å². The fraction of sp³-hybridized carbons (Fsp3) is 0.391. The van der Waals surface area contributed by atoms with Gasteiger partial charge in [0.05, 0.1) is 0 Å². The van der Waals surface area contributed by atoms with Crippen LogP contribution in [0.5, 0.6) is 0 Å². The number of halogens is 2. The molecular weight excluding hydrogens is 390 g/mol. The van der Waals surface area contributed by atoms with Gasteiger partial charge < -0.3 is 4.98 Å². The Morgan fingerprint density at radius 2 is 1.86 bits per heavy atom. The Kier molecular flexibility index (Phi) is 5.90. The summed E-state index contributed by atoms with van der Waals surface area (Å²) in [5.74, 6) is 0.162. The highest BCUT2D eigenvalue weighted by molar-refractivity contribution is 7.71. The fourth-order valence-corrected chi connectivity index (χ4v) is 4.90. The molecular formula is C23H24F2N2OS. The van der Waals surface area contributed by atoms with Crippen LogP contribution in [0.3, 0.4) is 0 Å². The maximum atomic E-state index is 14.2. The predicted octanol–water partition coefficient (Wildman–Crippen LogP) is 5.71. The maximum Gasteiger partial charge on any atom is 0.255 e. The van der Waals surface area contributed by atoms with Gasteiger partial charge in [0.1, 0.15) is 11.6 Å². The summed E-state index contributed by atoms with van der Waals surface area (Å²) < 4.78 is 27.7. The molecule has 6 heteroatoms. The van der Waals surface area contributed by atoms with Crippen LogP contribution in [-0.2, 0) is 6.42 Å². The standard InChI is InChI=1S/C23H24F2N2OS/c24-18-11-10-17(20(25)13-18)12-19-21(26-23(29)27-22(19)28)16-8-6-15(7-9-16)14-4-2-1-3-5-14/h1-4,10-11,13-16H,5-9,12H2,(H2,26,27,28,29)/t14?,15-,16-. The summed E-state index contributed by atoms with van der Waals surface area (Å²) >= 11 is 5.20. The van der Waals surface area contributed by atoms with E-state index in [4.69, 9.17) is 12.2 Å². The van der Waals surface area contributed by atoms with Crippen molar-refractivity contribution < 1.29 is 8.78 Å². The first kappa shape index (κ1) is 20.0. The second-order valence-corrected chi connectivity index (χ2v) is 8.45. The SMILES string of the molecule is O=c1[nH]c(=S)[nH]c([C@H]2CC[C@H](C3C=CC=CC3)CC2)c1Cc1ccc(F)cc1F. The second-order valence-electron chi connectivity index (χ2n) is 8.04. The first-order chi connectivity index (χ1) is 14.0. The van der Waals surface area contributed by atoms with Gasteiger partial charge in [-0.2, -0.15) is 0 Å². The largest absolute Gasteiger partial charge is 0.335 e. The molecule has 0 spiro atoms. The molecule has 2 aliphatic carbocycles. The van der Waals surface area contributed by atoms with Gasteiger partial charge in [0.2, 0.25) is 0 Å². The normalized spacial score (nSPS) is 24.0. The summed E-state index contributed by atoms with van der Waals surface area (Å²) in [5.41, 5.74) is 1.31. The van der Waals surface area contributed by atoms with Crippen LogP contribution in [0.4, 0.5) is 8.78 Å². The molecule has 1 unspecified atom stereocenters. The number of H-pyrrole nitrogens is 2. The molecule has 1 heterocycles. The second kappa shape index (κ2) is 8.57. The van der Waals surface area contributed by atoms with E-state index in [0.29, 0.717) is 23.0 Å². The lowest BCUT2D eigenvalue weighted by molar-refractivity contribution is 0.262. The van der Waals surface area contributed by atoms with E-state index in [1.807, 2.05) is 0 Å². The van der Waals surface area contributed by atoms with Gasteiger partial charge in [-0.15, -0.1) is 0 Å². The zero-order chi connectivity index (χ0) is 20.4. The van der Waals surface area contributed by atoms with Crippen molar-refractivity contribution in [2.45, 2.75) is 44.4 Å². The van der Waals surface area contributed by atoms with Crippen molar-refractivity contribution in [3.05, 3.63) is 86.1 Å². The molecule has 0 bridgehead atoms. The van der Waals surface area contributed by atoms with Crippen molar-refractivity contribution in [1.29, 1.82) is 0 Å². The molecule has 1 aromatic heterocycles. The number of rotatable bonds is 4. The lowest BCUT2D eigenvalue weighted by Gasteiger charge is -2.33. The number of benzene rings is 1. The average molecular weight is 415 g/mol. The van der Waals surface area contributed by atoms with Crippen LogP contribution in [0.25, 0.3) is 0 Å². The van der Waals surface area contributed by atoms with Crippen LogP contribution in [-0.4, -0.2) is 9.97 Å². The lowest BCUT2D eigenvalue weighted by atomic mass is 9.72. The van der Waals surface area contributed by atoms with E-state index in [1.165, 1.54) is 12.1 Å². The molecule has 0 amide bonds. The first-order valence-corrected chi connectivity index (χ1v) is 10.5.